The summed E-state index contributed by atoms with van der Waals surface area (Å²) in [5.74, 6) is 1.13. The Labute approximate surface area is 144 Å². The van der Waals surface area contributed by atoms with Gasteiger partial charge in [-0.05, 0) is 47.8 Å². The van der Waals surface area contributed by atoms with Crippen molar-refractivity contribution < 1.29 is 19.0 Å². The van der Waals surface area contributed by atoms with Crippen molar-refractivity contribution in [2.24, 2.45) is 0 Å². The number of thiophene rings is 1. The number of nitrogens with zero attached hydrogens (tertiary/aromatic N) is 1. The van der Waals surface area contributed by atoms with Gasteiger partial charge in [-0.25, -0.2) is 4.79 Å². The van der Waals surface area contributed by atoms with Crippen molar-refractivity contribution in [2.75, 3.05) is 20.3 Å². The summed E-state index contributed by atoms with van der Waals surface area (Å²) < 4.78 is 17.8. The molecular formula is C18H17NO4S. The van der Waals surface area contributed by atoms with Gasteiger partial charge in [0.15, 0.2) is 0 Å². The molecule has 2 aromatic heterocycles. The predicted octanol–water partition coefficient (Wildman–Crippen LogP) is 3.78. The number of hydrogen-bond acceptors (Lipinski definition) is 5. The molecule has 0 atom stereocenters. The third-order valence-electron chi connectivity index (χ3n) is 3.36. The van der Waals surface area contributed by atoms with Crippen LogP contribution in [0.3, 0.4) is 0 Å². The molecule has 3 aromatic rings. The maximum atomic E-state index is 12.2. The standard InChI is InChI=1S/C18H17NO4S/c1-21-14-4-6-15(7-5-14)22-11-12-23-18(20)17-16(8-13-24-17)19-9-2-3-10-19/h2-10,13H,11-12H2,1H3. The van der Waals surface area contributed by atoms with E-state index in [4.69, 9.17) is 14.2 Å². The van der Waals surface area contributed by atoms with Gasteiger partial charge in [0, 0.05) is 12.4 Å². The minimum absolute atomic E-state index is 0.188. The van der Waals surface area contributed by atoms with Crippen LogP contribution in [0, 0.1) is 0 Å². The smallest absolute Gasteiger partial charge is 0.350 e. The van der Waals surface area contributed by atoms with Crippen LogP contribution in [0.15, 0.2) is 60.2 Å². The number of hydrogen-bond donors (Lipinski definition) is 0. The highest BCUT2D eigenvalue weighted by Gasteiger charge is 2.15. The molecule has 124 valence electrons. The Morgan fingerprint density at radius 3 is 2.46 bits per heavy atom. The lowest BCUT2D eigenvalue weighted by atomic mass is 10.3. The minimum atomic E-state index is -0.341. The van der Waals surface area contributed by atoms with Crippen LogP contribution in [0.5, 0.6) is 11.5 Å². The number of aromatic nitrogens is 1. The Hall–Kier alpha value is -2.73. The summed E-state index contributed by atoms with van der Waals surface area (Å²) in [6.07, 6.45) is 3.79. The van der Waals surface area contributed by atoms with E-state index in [-0.39, 0.29) is 12.6 Å². The Kier molecular flexibility index (Phi) is 5.18. The van der Waals surface area contributed by atoms with Crippen molar-refractivity contribution in [3.8, 4) is 17.2 Å². The van der Waals surface area contributed by atoms with Crippen LogP contribution in [-0.4, -0.2) is 30.9 Å². The van der Waals surface area contributed by atoms with Gasteiger partial charge in [-0.2, -0.15) is 0 Å². The number of methoxy groups -OCH3 is 1. The fraction of sp³-hybridized carbons (Fsp3) is 0.167. The van der Waals surface area contributed by atoms with Gasteiger partial charge in [-0.3, -0.25) is 0 Å². The van der Waals surface area contributed by atoms with Crippen LogP contribution in [0.1, 0.15) is 9.67 Å². The maximum Gasteiger partial charge on any atom is 0.350 e. The van der Waals surface area contributed by atoms with E-state index in [1.54, 1.807) is 7.11 Å². The molecule has 0 bridgehead atoms. The summed E-state index contributed by atoms with van der Waals surface area (Å²) in [5.41, 5.74) is 0.825. The van der Waals surface area contributed by atoms with Crippen LogP contribution in [0.25, 0.3) is 5.69 Å². The van der Waals surface area contributed by atoms with Crippen molar-refractivity contribution in [2.45, 2.75) is 0 Å². The van der Waals surface area contributed by atoms with Gasteiger partial charge in [-0.1, -0.05) is 0 Å². The molecule has 0 fully saturated rings. The van der Waals surface area contributed by atoms with Crippen molar-refractivity contribution >= 4 is 17.3 Å². The van der Waals surface area contributed by atoms with Gasteiger partial charge in [0.2, 0.25) is 0 Å². The summed E-state index contributed by atoms with van der Waals surface area (Å²) in [4.78, 5) is 12.8. The molecule has 6 heteroatoms. The molecule has 0 aliphatic rings. The van der Waals surface area contributed by atoms with E-state index in [9.17, 15) is 4.79 Å². The topological polar surface area (TPSA) is 49.7 Å². The van der Waals surface area contributed by atoms with Crippen molar-refractivity contribution in [3.63, 3.8) is 0 Å². The van der Waals surface area contributed by atoms with Crippen LogP contribution >= 0.6 is 11.3 Å². The highest BCUT2D eigenvalue weighted by Crippen LogP contribution is 2.22. The zero-order valence-electron chi connectivity index (χ0n) is 13.2. The van der Waals surface area contributed by atoms with E-state index in [0.29, 0.717) is 17.2 Å². The monoisotopic (exact) mass is 343 g/mol. The van der Waals surface area contributed by atoms with E-state index < -0.39 is 0 Å². The number of esters is 1. The molecule has 0 radical (unpaired) electrons. The fourth-order valence-electron chi connectivity index (χ4n) is 2.19. The van der Waals surface area contributed by atoms with Crippen LogP contribution < -0.4 is 9.47 Å². The van der Waals surface area contributed by atoms with E-state index in [1.165, 1.54) is 11.3 Å². The lowest BCUT2D eigenvalue weighted by molar-refractivity contribution is 0.0456. The summed E-state index contributed by atoms with van der Waals surface area (Å²) in [5, 5.41) is 1.87. The molecule has 0 aliphatic heterocycles. The van der Waals surface area contributed by atoms with Gasteiger partial charge in [-0.15, -0.1) is 11.3 Å². The van der Waals surface area contributed by atoms with Crippen molar-refractivity contribution in [3.05, 3.63) is 65.1 Å². The Morgan fingerprint density at radius 1 is 1.04 bits per heavy atom. The molecular weight excluding hydrogens is 326 g/mol. The highest BCUT2D eigenvalue weighted by atomic mass is 32.1. The second-order valence-corrected chi connectivity index (χ2v) is 5.80. The molecule has 1 aromatic carbocycles. The first-order valence-electron chi connectivity index (χ1n) is 7.43. The fourth-order valence-corrected chi connectivity index (χ4v) is 2.97. The second-order valence-electron chi connectivity index (χ2n) is 4.89. The van der Waals surface area contributed by atoms with E-state index in [1.807, 2.05) is 64.8 Å². The SMILES string of the molecule is COc1ccc(OCCOC(=O)c2sccc2-n2cccc2)cc1. The summed E-state index contributed by atoms with van der Waals surface area (Å²) in [6.45, 7) is 0.482. The number of ether oxygens (including phenoxy) is 3. The first-order valence-corrected chi connectivity index (χ1v) is 8.30. The molecule has 0 amide bonds. The second kappa shape index (κ2) is 7.70. The van der Waals surface area contributed by atoms with Gasteiger partial charge >= 0.3 is 5.97 Å². The first kappa shape index (κ1) is 16.1. The van der Waals surface area contributed by atoms with Gasteiger partial charge < -0.3 is 18.8 Å². The van der Waals surface area contributed by atoms with Gasteiger partial charge in [0.25, 0.3) is 0 Å². The molecule has 2 heterocycles. The molecule has 0 N–H and O–H groups in total. The van der Waals surface area contributed by atoms with E-state index in [2.05, 4.69) is 0 Å². The lowest BCUT2D eigenvalue weighted by Gasteiger charge is -2.08. The van der Waals surface area contributed by atoms with E-state index >= 15 is 0 Å². The molecule has 0 saturated carbocycles. The number of carbonyl (C=O) groups is 1. The summed E-state index contributed by atoms with van der Waals surface area (Å²) in [6, 6.07) is 13.0. The first-order chi connectivity index (χ1) is 11.8. The average Bonchev–Trinajstić information content (AvgIpc) is 3.29. The largest absolute Gasteiger partial charge is 0.497 e. The van der Waals surface area contributed by atoms with E-state index in [0.717, 1.165) is 11.4 Å². The Balaban J connectivity index is 1.50. The summed E-state index contributed by atoms with van der Waals surface area (Å²) in [7, 11) is 1.61. The molecule has 0 aliphatic carbocycles. The third-order valence-corrected chi connectivity index (χ3v) is 4.24. The zero-order valence-corrected chi connectivity index (χ0v) is 14.0. The van der Waals surface area contributed by atoms with Gasteiger partial charge in [0.1, 0.15) is 29.6 Å². The molecule has 24 heavy (non-hydrogen) atoms. The predicted molar refractivity (Wildman–Crippen MR) is 92.4 cm³/mol. The maximum absolute atomic E-state index is 12.2. The number of carbonyl (C=O) groups excluding carboxylic acids is 1. The minimum Gasteiger partial charge on any atom is -0.497 e. The number of rotatable bonds is 7. The molecule has 0 unspecified atom stereocenters. The normalized spacial score (nSPS) is 10.4. The van der Waals surface area contributed by atoms with Crippen LogP contribution in [0.4, 0.5) is 0 Å². The van der Waals surface area contributed by atoms with Crippen LogP contribution in [0.2, 0.25) is 0 Å². The van der Waals surface area contributed by atoms with Crippen molar-refractivity contribution in [1.82, 2.24) is 4.57 Å². The lowest BCUT2D eigenvalue weighted by Crippen LogP contribution is -2.12. The highest BCUT2D eigenvalue weighted by molar-refractivity contribution is 7.12. The molecule has 0 saturated heterocycles. The van der Waals surface area contributed by atoms with Crippen molar-refractivity contribution in [1.29, 1.82) is 0 Å². The summed E-state index contributed by atoms with van der Waals surface area (Å²) >= 11 is 1.36. The Bertz CT molecular complexity index is 778. The molecule has 3 rings (SSSR count). The van der Waals surface area contributed by atoms with Crippen LogP contribution in [-0.2, 0) is 4.74 Å². The quantitative estimate of drug-likeness (QED) is 0.484. The number of benzene rings is 1. The third kappa shape index (κ3) is 3.78. The zero-order chi connectivity index (χ0) is 16.8. The Morgan fingerprint density at radius 2 is 1.75 bits per heavy atom. The average molecular weight is 343 g/mol. The van der Waals surface area contributed by atoms with Gasteiger partial charge in [0.05, 0.1) is 12.8 Å². The molecule has 0 spiro atoms. The molecule has 5 nitrogen and oxygen atoms in total.